The van der Waals surface area contributed by atoms with Gasteiger partial charge in [0.1, 0.15) is 0 Å². The molecule has 0 saturated heterocycles. The molecule has 2 heteroatoms. The van der Waals surface area contributed by atoms with E-state index in [0.717, 1.165) is 6.54 Å². The number of nitrogens with zero attached hydrogens (tertiary/aromatic N) is 1. The minimum Gasteiger partial charge on any atom is -0.343 e. The van der Waals surface area contributed by atoms with Crippen molar-refractivity contribution in [3.8, 4) is 0 Å². The summed E-state index contributed by atoms with van der Waals surface area (Å²) in [6.45, 7) is 8.07. The highest BCUT2D eigenvalue weighted by atomic mass is 15.0. The molecule has 15 heavy (non-hydrogen) atoms. The van der Waals surface area contributed by atoms with Gasteiger partial charge in [-0.25, -0.2) is 0 Å². The van der Waals surface area contributed by atoms with Crippen LogP contribution < -0.4 is 5.73 Å². The van der Waals surface area contributed by atoms with Crippen LogP contribution in [0.2, 0.25) is 0 Å². The topological polar surface area (TPSA) is 30.9 Å². The zero-order valence-electron chi connectivity index (χ0n) is 9.67. The molecule has 0 fully saturated rings. The molecule has 2 rings (SSSR count). The molecule has 0 spiro atoms. The Kier molecular flexibility index (Phi) is 2.53. The number of aromatic nitrogens is 1. The Hall–Kier alpha value is -1.28. The Labute approximate surface area is 90.7 Å². The van der Waals surface area contributed by atoms with Crippen LogP contribution in [0.5, 0.6) is 0 Å². The minimum absolute atomic E-state index is 0.692. The second-order valence-electron chi connectivity index (χ2n) is 4.17. The van der Waals surface area contributed by atoms with Crippen LogP contribution in [0.25, 0.3) is 10.9 Å². The van der Waals surface area contributed by atoms with E-state index in [1.807, 2.05) is 0 Å². The molecule has 80 valence electrons. The normalized spacial score (nSPS) is 11.2. The number of benzene rings is 1. The van der Waals surface area contributed by atoms with Crippen molar-refractivity contribution in [3.63, 3.8) is 0 Å². The van der Waals surface area contributed by atoms with Gasteiger partial charge in [0.2, 0.25) is 0 Å². The van der Waals surface area contributed by atoms with Gasteiger partial charge in [0.05, 0.1) is 0 Å². The van der Waals surface area contributed by atoms with E-state index in [9.17, 15) is 0 Å². The number of hydrogen-bond acceptors (Lipinski definition) is 1. The molecule has 2 nitrogen and oxygen atoms in total. The van der Waals surface area contributed by atoms with Gasteiger partial charge in [-0.3, -0.25) is 0 Å². The van der Waals surface area contributed by atoms with Crippen LogP contribution >= 0.6 is 0 Å². The molecule has 0 saturated carbocycles. The molecule has 0 atom stereocenters. The van der Waals surface area contributed by atoms with E-state index >= 15 is 0 Å². The third-order valence-electron chi connectivity index (χ3n) is 3.15. The second kappa shape index (κ2) is 3.70. The highest BCUT2D eigenvalue weighted by Gasteiger charge is 2.09. The summed E-state index contributed by atoms with van der Waals surface area (Å²) in [5.74, 6) is 0. The van der Waals surface area contributed by atoms with Crippen molar-refractivity contribution < 1.29 is 0 Å². The van der Waals surface area contributed by atoms with Gasteiger partial charge in [-0.2, -0.15) is 0 Å². The van der Waals surface area contributed by atoms with E-state index < -0.39 is 0 Å². The van der Waals surface area contributed by atoms with Gasteiger partial charge >= 0.3 is 0 Å². The number of nitrogens with two attached hydrogens (primary N) is 1. The molecule has 0 aliphatic rings. The molecular weight excluding hydrogens is 184 g/mol. The number of hydrogen-bond donors (Lipinski definition) is 1. The summed E-state index contributed by atoms with van der Waals surface area (Å²) >= 11 is 0. The van der Waals surface area contributed by atoms with E-state index in [2.05, 4.69) is 43.5 Å². The zero-order valence-corrected chi connectivity index (χ0v) is 9.67. The van der Waals surface area contributed by atoms with Crippen LogP contribution in [0, 0.1) is 20.8 Å². The molecular formula is C13H18N2. The summed E-state index contributed by atoms with van der Waals surface area (Å²) in [5, 5.41) is 1.35. The van der Waals surface area contributed by atoms with Crippen molar-refractivity contribution in [2.45, 2.75) is 27.3 Å². The lowest BCUT2D eigenvalue weighted by Crippen LogP contribution is -2.10. The average Bonchev–Trinajstić information content (AvgIpc) is 2.44. The Morgan fingerprint density at radius 2 is 1.93 bits per heavy atom. The quantitative estimate of drug-likeness (QED) is 0.797. The minimum atomic E-state index is 0.692. The molecule has 0 amide bonds. The first kappa shape index (κ1) is 10.2. The van der Waals surface area contributed by atoms with E-state index in [-0.39, 0.29) is 0 Å². The predicted molar refractivity (Wildman–Crippen MR) is 65.2 cm³/mol. The maximum Gasteiger partial charge on any atom is 0.0488 e. The average molecular weight is 202 g/mol. The van der Waals surface area contributed by atoms with Crippen LogP contribution in [0.1, 0.15) is 16.8 Å². The first-order valence-corrected chi connectivity index (χ1v) is 5.41. The van der Waals surface area contributed by atoms with Crippen LogP contribution in [0.15, 0.2) is 18.2 Å². The smallest absolute Gasteiger partial charge is 0.0488 e. The maximum absolute atomic E-state index is 5.65. The predicted octanol–water partition coefficient (Wildman–Crippen LogP) is 2.53. The highest BCUT2D eigenvalue weighted by Crippen LogP contribution is 2.25. The van der Waals surface area contributed by atoms with Crippen molar-refractivity contribution in [1.29, 1.82) is 0 Å². The molecule has 2 N–H and O–H groups in total. The standard InChI is InChI=1S/C13H18N2/c1-9-4-5-12-10(2)11(3)15(7-6-14)13(12)8-9/h4-5,8H,6-7,14H2,1-3H3. The fraction of sp³-hybridized carbons (Fsp3) is 0.385. The Balaban J connectivity index is 2.76. The number of fused-ring (bicyclic) bond motifs is 1. The molecule has 0 radical (unpaired) electrons. The van der Waals surface area contributed by atoms with Crippen LogP contribution in [-0.4, -0.2) is 11.1 Å². The van der Waals surface area contributed by atoms with Gasteiger partial charge in [0.15, 0.2) is 0 Å². The highest BCUT2D eigenvalue weighted by molar-refractivity contribution is 5.85. The summed E-state index contributed by atoms with van der Waals surface area (Å²) in [6.07, 6.45) is 0. The first-order chi connectivity index (χ1) is 7.15. The van der Waals surface area contributed by atoms with Gasteiger partial charge in [0, 0.05) is 29.7 Å². The molecule has 2 aromatic rings. The van der Waals surface area contributed by atoms with E-state index in [1.165, 1.54) is 27.7 Å². The summed E-state index contributed by atoms with van der Waals surface area (Å²) in [4.78, 5) is 0. The zero-order chi connectivity index (χ0) is 11.0. The van der Waals surface area contributed by atoms with Crippen LogP contribution in [0.3, 0.4) is 0 Å². The van der Waals surface area contributed by atoms with E-state index in [4.69, 9.17) is 5.73 Å². The van der Waals surface area contributed by atoms with E-state index in [0.29, 0.717) is 6.54 Å². The summed E-state index contributed by atoms with van der Waals surface area (Å²) in [6, 6.07) is 6.62. The largest absolute Gasteiger partial charge is 0.343 e. The number of rotatable bonds is 2. The SMILES string of the molecule is Cc1ccc2c(C)c(C)n(CCN)c2c1. The van der Waals surface area contributed by atoms with Crippen LogP contribution in [0.4, 0.5) is 0 Å². The summed E-state index contributed by atoms with van der Waals surface area (Å²) in [7, 11) is 0. The Bertz CT molecular complexity index is 495. The summed E-state index contributed by atoms with van der Waals surface area (Å²) < 4.78 is 2.32. The van der Waals surface area contributed by atoms with Gasteiger partial charge in [-0.05, 0) is 38.0 Å². The monoisotopic (exact) mass is 202 g/mol. The lowest BCUT2D eigenvalue weighted by molar-refractivity contribution is 0.712. The van der Waals surface area contributed by atoms with Gasteiger partial charge in [0.25, 0.3) is 0 Å². The van der Waals surface area contributed by atoms with Crippen molar-refractivity contribution in [2.75, 3.05) is 6.54 Å². The van der Waals surface area contributed by atoms with Gasteiger partial charge < -0.3 is 10.3 Å². The van der Waals surface area contributed by atoms with Crippen LogP contribution in [-0.2, 0) is 6.54 Å². The molecule has 0 unspecified atom stereocenters. The Morgan fingerprint density at radius 3 is 2.60 bits per heavy atom. The second-order valence-corrected chi connectivity index (χ2v) is 4.17. The molecule has 1 aromatic heterocycles. The summed E-state index contributed by atoms with van der Waals surface area (Å²) in [5.41, 5.74) is 11.0. The van der Waals surface area contributed by atoms with Crippen molar-refractivity contribution in [1.82, 2.24) is 4.57 Å². The molecule has 1 aromatic carbocycles. The van der Waals surface area contributed by atoms with Crippen molar-refractivity contribution in [3.05, 3.63) is 35.0 Å². The van der Waals surface area contributed by atoms with E-state index in [1.54, 1.807) is 0 Å². The van der Waals surface area contributed by atoms with Crippen molar-refractivity contribution >= 4 is 10.9 Å². The van der Waals surface area contributed by atoms with Gasteiger partial charge in [-0.15, -0.1) is 0 Å². The molecule has 0 aliphatic carbocycles. The third-order valence-corrected chi connectivity index (χ3v) is 3.15. The fourth-order valence-electron chi connectivity index (χ4n) is 2.18. The van der Waals surface area contributed by atoms with Crippen molar-refractivity contribution in [2.24, 2.45) is 5.73 Å². The number of aryl methyl sites for hydroxylation is 2. The molecule has 0 bridgehead atoms. The lowest BCUT2D eigenvalue weighted by Gasteiger charge is -2.06. The van der Waals surface area contributed by atoms with Gasteiger partial charge in [-0.1, -0.05) is 12.1 Å². The first-order valence-electron chi connectivity index (χ1n) is 5.41. The lowest BCUT2D eigenvalue weighted by atomic mass is 10.1. The third kappa shape index (κ3) is 1.55. The maximum atomic E-state index is 5.65. The Morgan fingerprint density at radius 1 is 1.20 bits per heavy atom. The fourth-order valence-corrected chi connectivity index (χ4v) is 2.18. The molecule has 0 aliphatic heterocycles. The molecule has 1 heterocycles.